The van der Waals surface area contributed by atoms with Crippen LogP contribution in [0.15, 0.2) is 66.2 Å². The number of hydrogen-bond donors (Lipinski definition) is 0. The highest BCUT2D eigenvalue weighted by Crippen LogP contribution is 2.26. The summed E-state index contributed by atoms with van der Waals surface area (Å²) in [6.07, 6.45) is 4.61. The van der Waals surface area contributed by atoms with Crippen molar-refractivity contribution < 1.29 is 19.1 Å². The molecule has 0 saturated heterocycles. The van der Waals surface area contributed by atoms with Crippen LogP contribution in [0.5, 0.6) is 5.75 Å². The molecule has 0 bridgehead atoms. The molecule has 28 heavy (non-hydrogen) atoms. The Morgan fingerprint density at radius 1 is 1.04 bits per heavy atom. The molecular formula is C23H21NO4. The number of carbonyl (C=O) groups excluding carboxylic acids is 2. The highest BCUT2D eigenvalue weighted by molar-refractivity contribution is 5.96. The van der Waals surface area contributed by atoms with Gasteiger partial charge in [0.15, 0.2) is 6.61 Å². The van der Waals surface area contributed by atoms with E-state index >= 15 is 0 Å². The second kappa shape index (κ2) is 8.13. The van der Waals surface area contributed by atoms with E-state index in [1.807, 2.05) is 42.5 Å². The highest BCUT2D eigenvalue weighted by atomic mass is 16.5. The molecule has 0 spiro atoms. The van der Waals surface area contributed by atoms with E-state index in [1.165, 1.54) is 11.1 Å². The first kappa shape index (κ1) is 18.0. The first-order valence-corrected chi connectivity index (χ1v) is 9.32. The molecule has 0 fully saturated rings. The third-order valence-electron chi connectivity index (χ3n) is 4.93. The summed E-state index contributed by atoms with van der Waals surface area (Å²) in [5.74, 6) is 0.0410. The molecule has 2 aliphatic heterocycles. The monoisotopic (exact) mass is 375 g/mol. The van der Waals surface area contributed by atoms with Crippen molar-refractivity contribution in [3.63, 3.8) is 0 Å². The van der Waals surface area contributed by atoms with Gasteiger partial charge < -0.3 is 14.4 Å². The van der Waals surface area contributed by atoms with Gasteiger partial charge in [-0.05, 0) is 29.7 Å². The van der Waals surface area contributed by atoms with Crippen LogP contribution in [0.25, 0.3) is 11.6 Å². The molecule has 0 N–H and O–H groups in total. The largest absolute Gasteiger partial charge is 0.488 e. The number of nitrogens with zero attached hydrogens (tertiary/aromatic N) is 1. The number of amides is 1. The lowest BCUT2D eigenvalue weighted by molar-refractivity contribution is -0.149. The van der Waals surface area contributed by atoms with Crippen LogP contribution < -0.4 is 4.74 Å². The van der Waals surface area contributed by atoms with Crippen molar-refractivity contribution in [2.45, 2.75) is 6.42 Å². The smallest absolute Gasteiger partial charge is 0.338 e. The van der Waals surface area contributed by atoms with Gasteiger partial charge in [0.2, 0.25) is 0 Å². The molecule has 5 heteroatoms. The predicted octanol–water partition coefficient (Wildman–Crippen LogP) is 3.32. The maximum Gasteiger partial charge on any atom is 0.338 e. The molecule has 2 aromatic rings. The molecule has 2 aromatic carbocycles. The summed E-state index contributed by atoms with van der Waals surface area (Å²) in [6.45, 7) is 1.04. The Kier molecular flexibility index (Phi) is 5.24. The minimum atomic E-state index is -0.514. The molecule has 0 atom stereocenters. The van der Waals surface area contributed by atoms with Gasteiger partial charge in [0, 0.05) is 18.7 Å². The van der Waals surface area contributed by atoms with Crippen molar-refractivity contribution >= 4 is 23.5 Å². The van der Waals surface area contributed by atoms with E-state index < -0.39 is 5.97 Å². The van der Waals surface area contributed by atoms with Crippen LogP contribution in [0.4, 0.5) is 0 Å². The maximum atomic E-state index is 12.4. The number of para-hydroxylation sites is 1. The molecule has 0 saturated carbocycles. The second-order valence-corrected chi connectivity index (χ2v) is 6.76. The van der Waals surface area contributed by atoms with Crippen LogP contribution in [-0.4, -0.2) is 43.1 Å². The average molecular weight is 375 g/mol. The molecule has 0 aliphatic carbocycles. The number of esters is 1. The molecular weight excluding hydrogens is 354 g/mol. The third-order valence-corrected chi connectivity index (χ3v) is 4.93. The summed E-state index contributed by atoms with van der Waals surface area (Å²) in [5, 5.41) is 0. The van der Waals surface area contributed by atoms with E-state index in [0.29, 0.717) is 18.7 Å². The zero-order valence-electron chi connectivity index (χ0n) is 15.5. The van der Waals surface area contributed by atoms with Gasteiger partial charge in [-0.2, -0.15) is 0 Å². The third kappa shape index (κ3) is 3.98. The Morgan fingerprint density at radius 3 is 2.61 bits per heavy atom. The number of benzene rings is 2. The fourth-order valence-electron chi connectivity index (χ4n) is 3.36. The summed E-state index contributed by atoms with van der Waals surface area (Å²) in [6, 6.07) is 17.6. The molecule has 5 nitrogen and oxygen atoms in total. The summed E-state index contributed by atoms with van der Waals surface area (Å²) >= 11 is 0. The molecule has 0 radical (unpaired) electrons. The number of carbonyl (C=O) groups is 2. The summed E-state index contributed by atoms with van der Waals surface area (Å²) in [5.41, 5.74) is 3.67. The van der Waals surface area contributed by atoms with Crippen molar-refractivity contribution in [2.24, 2.45) is 0 Å². The van der Waals surface area contributed by atoms with Crippen LogP contribution in [-0.2, 0) is 14.3 Å². The van der Waals surface area contributed by atoms with Gasteiger partial charge in [0.1, 0.15) is 12.4 Å². The fraction of sp³-hybridized carbons (Fsp3) is 0.217. The lowest BCUT2D eigenvalue weighted by Crippen LogP contribution is -2.37. The Hall–Kier alpha value is -3.34. The number of ether oxygens (including phenoxy) is 2. The Morgan fingerprint density at radius 2 is 1.82 bits per heavy atom. The second-order valence-electron chi connectivity index (χ2n) is 6.76. The van der Waals surface area contributed by atoms with E-state index in [1.54, 1.807) is 11.0 Å². The number of fused-ring (bicyclic) bond motifs is 1. The molecule has 142 valence electrons. The zero-order chi connectivity index (χ0) is 19.3. The van der Waals surface area contributed by atoms with Crippen molar-refractivity contribution in [2.75, 3.05) is 26.3 Å². The van der Waals surface area contributed by atoms with Gasteiger partial charge in [-0.3, -0.25) is 4.79 Å². The molecule has 0 aromatic heterocycles. The summed E-state index contributed by atoms with van der Waals surface area (Å²) in [4.78, 5) is 26.4. The maximum absolute atomic E-state index is 12.4. The quantitative estimate of drug-likeness (QED) is 0.770. The first-order chi connectivity index (χ1) is 13.7. The lowest BCUT2D eigenvalue weighted by atomic mass is 10.00. The van der Waals surface area contributed by atoms with E-state index in [-0.39, 0.29) is 19.1 Å². The van der Waals surface area contributed by atoms with Crippen molar-refractivity contribution in [1.82, 2.24) is 4.90 Å². The van der Waals surface area contributed by atoms with E-state index in [2.05, 4.69) is 18.2 Å². The lowest BCUT2D eigenvalue weighted by Gasteiger charge is -2.26. The Labute approximate surface area is 163 Å². The Bertz CT molecular complexity index is 946. The first-order valence-electron chi connectivity index (χ1n) is 9.32. The Balaban J connectivity index is 1.31. The molecule has 0 unspecified atom stereocenters. The van der Waals surface area contributed by atoms with E-state index in [0.717, 1.165) is 17.7 Å². The standard InChI is InChI=1S/C23H21NO4/c25-22(24-12-10-18(11-13-24)17-6-2-1-3-7-17)16-28-23(26)20-14-19-8-4-5-9-21(19)27-15-20/h1-10,14H,11-13,15-16H2. The topological polar surface area (TPSA) is 55.8 Å². The predicted molar refractivity (Wildman–Crippen MR) is 106 cm³/mol. The van der Waals surface area contributed by atoms with Gasteiger partial charge in [-0.25, -0.2) is 4.79 Å². The van der Waals surface area contributed by atoms with Crippen LogP contribution in [0, 0.1) is 0 Å². The van der Waals surface area contributed by atoms with Gasteiger partial charge in [-0.15, -0.1) is 0 Å². The van der Waals surface area contributed by atoms with Gasteiger partial charge in [0.25, 0.3) is 5.91 Å². The highest BCUT2D eigenvalue weighted by Gasteiger charge is 2.22. The van der Waals surface area contributed by atoms with Gasteiger partial charge >= 0.3 is 5.97 Å². The average Bonchev–Trinajstić information content (AvgIpc) is 2.77. The summed E-state index contributed by atoms with van der Waals surface area (Å²) < 4.78 is 10.8. The van der Waals surface area contributed by atoms with Crippen LogP contribution >= 0.6 is 0 Å². The van der Waals surface area contributed by atoms with E-state index in [9.17, 15) is 9.59 Å². The zero-order valence-corrected chi connectivity index (χ0v) is 15.5. The molecule has 1 amide bonds. The van der Waals surface area contributed by atoms with Crippen LogP contribution in [0.2, 0.25) is 0 Å². The molecule has 2 heterocycles. The van der Waals surface area contributed by atoms with Crippen LogP contribution in [0.1, 0.15) is 17.5 Å². The SMILES string of the molecule is O=C(OCC(=O)N1CC=C(c2ccccc2)CC1)C1=Cc2ccccc2OC1. The minimum Gasteiger partial charge on any atom is -0.488 e. The van der Waals surface area contributed by atoms with Crippen molar-refractivity contribution in [3.8, 4) is 5.75 Å². The van der Waals surface area contributed by atoms with E-state index in [4.69, 9.17) is 9.47 Å². The fourth-order valence-corrected chi connectivity index (χ4v) is 3.36. The van der Waals surface area contributed by atoms with Gasteiger partial charge in [0.05, 0.1) is 5.57 Å². The normalized spacial score (nSPS) is 15.6. The van der Waals surface area contributed by atoms with Crippen molar-refractivity contribution in [3.05, 3.63) is 77.4 Å². The minimum absolute atomic E-state index is 0.150. The van der Waals surface area contributed by atoms with Gasteiger partial charge in [-0.1, -0.05) is 54.6 Å². The molecule has 4 rings (SSSR count). The van der Waals surface area contributed by atoms with Crippen molar-refractivity contribution in [1.29, 1.82) is 0 Å². The number of hydrogen-bond acceptors (Lipinski definition) is 4. The number of rotatable bonds is 4. The van der Waals surface area contributed by atoms with Crippen LogP contribution in [0.3, 0.4) is 0 Å². The summed E-state index contributed by atoms with van der Waals surface area (Å²) in [7, 11) is 0. The molecule has 2 aliphatic rings.